The zero-order valence-electron chi connectivity index (χ0n) is 10.1. The molecule has 4 heteroatoms. The van der Waals surface area contributed by atoms with Crippen molar-refractivity contribution in [2.75, 3.05) is 25.6 Å². The Balaban J connectivity index is 2.00. The second kappa shape index (κ2) is 4.56. The van der Waals surface area contributed by atoms with E-state index >= 15 is 0 Å². The van der Waals surface area contributed by atoms with Crippen LogP contribution in [0, 0.1) is 0 Å². The second-order valence-electron chi connectivity index (χ2n) is 4.05. The van der Waals surface area contributed by atoms with Gasteiger partial charge in [0, 0.05) is 5.56 Å². The molecule has 0 spiro atoms. The predicted molar refractivity (Wildman–Crippen MR) is 70.2 cm³/mol. The first-order valence-corrected chi connectivity index (χ1v) is 5.89. The number of ether oxygens (including phenoxy) is 2. The number of aromatic nitrogens is 1. The molecule has 1 N–H and O–H groups in total. The van der Waals surface area contributed by atoms with Crippen molar-refractivity contribution in [1.29, 1.82) is 0 Å². The van der Waals surface area contributed by atoms with Crippen LogP contribution < -0.4 is 14.8 Å². The molecular weight excluding hydrogens is 228 g/mol. The van der Waals surface area contributed by atoms with Crippen LogP contribution in [0.5, 0.6) is 11.5 Å². The van der Waals surface area contributed by atoms with Crippen molar-refractivity contribution in [2.45, 2.75) is 0 Å². The highest BCUT2D eigenvalue weighted by Crippen LogP contribution is 2.29. The van der Waals surface area contributed by atoms with E-state index in [9.17, 15) is 0 Å². The molecule has 2 heterocycles. The van der Waals surface area contributed by atoms with Gasteiger partial charge in [0.15, 0.2) is 11.6 Å². The summed E-state index contributed by atoms with van der Waals surface area (Å²) in [6.07, 6.45) is 0. The van der Waals surface area contributed by atoms with Crippen LogP contribution in [0.25, 0.3) is 11.3 Å². The van der Waals surface area contributed by atoms with E-state index in [1.165, 1.54) is 0 Å². The van der Waals surface area contributed by atoms with Crippen LogP contribution in [0.3, 0.4) is 0 Å². The molecule has 0 radical (unpaired) electrons. The minimum Gasteiger partial charge on any atom is -0.497 e. The molecule has 0 fully saturated rings. The first kappa shape index (κ1) is 10.9. The average Bonchev–Trinajstić information content (AvgIpc) is 2.47. The smallest absolute Gasteiger partial charge is 0.169 e. The number of anilines is 1. The molecule has 4 nitrogen and oxygen atoms in total. The molecule has 0 unspecified atom stereocenters. The normalized spacial score (nSPS) is 13.2. The summed E-state index contributed by atoms with van der Waals surface area (Å²) in [6, 6.07) is 11.8. The fraction of sp³-hybridized carbons (Fsp3) is 0.214. The van der Waals surface area contributed by atoms with Gasteiger partial charge in [-0.2, -0.15) is 0 Å². The first-order valence-electron chi connectivity index (χ1n) is 5.89. The zero-order valence-corrected chi connectivity index (χ0v) is 10.1. The van der Waals surface area contributed by atoms with Gasteiger partial charge in [0.05, 0.1) is 19.3 Å². The van der Waals surface area contributed by atoms with Gasteiger partial charge in [-0.1, -0.05) is 12.1 Å². The number of benzene rings is 1. The van der Waals surface area contributed by atoms with Crippen molar-refractivity contribution in [3.63, 3.8) is 0 Å². The second-order valence-corrected chi connectivity index (χ2v) is 4.05. The van der Waals surface area contributed by atoms with Gasteiger partial charge in [0.1, 0.15) is 12.4 Å². The zero-order chi connectivity index (χ0) is 12.4. The maximum atomic E-state index is 5.51. The Morgan fingerprint density at radius 2 is 2.22 bits per heavy atom. The third-order valence-electron chi connectivity index (χ3n) is 2.88. The van der Waals surface area contributed by atoms with E-state index in [1.54, 1.807) is 7.11 Å². The summed E-state index contributed by atoms with van der Waals surface area (Å²) < 4.78 is 10.7. The van der Waals surface area contributed by atoms with Crippen molar-refractivity contribution in [3.05, 3.63) is 36.4 Å². The molecule has 0 saturated carbocycles. The molecule has 0 amide bonds. The predicted octanol–water partition coefficient (Wildman–Crippen LogP) is 2.56. The molecule has 18 heavy (non-hydrogen) atoms. The van der Waals surface area contributed by atoms with Crippen LogP contribution >= 0.6 is 0 Å². The lowest BCUT2D eigenvalue weighted by Crippen LogP contribution is -2.19. The largest absolute Gasteiger partial charge is 0.497 e. The highest BCUT2D eigenvalue weighted by molar-refractivity contribution is 5.66. The van der Waals surface area contributed by atoms with Gasteiger partial charge in [-0.3, -0.25) is 0 Å². The molecule has 1 aromatic heterocycles. The van der Waals surface area contributed by atoms with Crippen LogP contribution in [0.2, 0.25) is 0 Å². The Morgan fingerprint density at radius 3 is 3.11 bits per heavy atom. The molecule has 92 valence electrons. The highest BCUT2D eigenvalue weighted by atomic mass is 16.5. The minimum absolute atomic E-state index is 0.688. The van der Waals surface area contributed by atoms with Crippen LogP contribution in [-0.4, -0.2) is 25.2 Å². The lowest BCUT2D eigenvalue weighted by atomic mass is 10.1. The summed E-state index contributed by atoms with van der Waals surface area (Å²) in [5, 5.41) is 3.23. The Labute approximate surface area is 106 Å². The van der Waals surface area contributed by atoms with E-state index in [1.807, 2.05) is 36.4 Å². The Morgan fingerprint density at radius 1 is 1.28 bits per heavy atom. The molecule has 0 bridgehead atoms. The van der Waals surface area contributed by atoms with Gasteiger partial charge in [0.2, 0.25) is 0 Å². The topological polar surface area (TPSA) is 43.4 Å². The quantitative estimate of drug-likeness (QED) is 0.879. The standard InChI is InChI=1S/C14H14N2O2/c1-17-11-4-2-3-10(9-11)12-5-6-13-14(16-12)15-7-8-18-13/h2-6,9H,7-8H2,1H3,(H,15,16). The van der Waals surface area contributed by atoms with E-state index in [-0.39, 0.29) is 0 Å². The molecule has 1 aliphatic heterocycles. The van der Waals surface area contributed by atoms with Crippen molar-refractivity contribution >= 4 is 5.82 Å². The molecule has 0 aliphatic carbocycles. The van der Waals surface area contributed by atoms with Crippen molar-refractivity contribution in [3.8, 4) is 22.8 Å². The lowest BCUT2D eigenvalue weighted by Gasteiger charge is -2.18. The molecule has 2 aromatic rings. The molecule has 1 aromatic carbocycles. The number of nitrogens with one attached hydrogen (secondary N) is 1. The third-order valence-corrected chi connectivity index (χ3v) is 2.88. The lowest BCUT2D eigenvalue weighted by molar-refractivity contribution is 0.321. The summed E-state index contributed by atoms with van der Waals surface area (Å²) >= 11 is 0. The van der Waals surface area contributed by atoms with Gasteiger partial charge < -0.3 is 14.8 Å². The van der Waals surface area contributed by atoms with Gasteiger partial charge in [0.25, 0.3) is 0 Å². The summed E-state index contributed by atoms with van der Waals surface area (Å²) in [4.78, 5) is 4.57. The number of nitrogens with zero attached hydrogens (tertiary/aromatic N) is 1. The monoisotopic (exact) mass is 242 g/mol. The summed E-state index contributed by atoms with van der Waals surface area (Å²) in [7, 11) is 1.66. The van der Waals surface area contributed by atoms with E-state index in [0.717, 1.165) is 35.1 Å². The van der Waals surface area contributed by atoms with Crippen molar-refractivity contribution < 1.29 is 9.47 Å². The van der Waals surface area contributed by atoms with Crippen LogP contribution in [0.15, 0.2) is 36.4 Å². The van der Waals surface area contributed by atoms with E-state index in [2.05, 4.69) is 10.3 Å². The number of fused-ring (bicyclic) bond motifs is 1. The summed E-state index contributed by atoms with van der Waals surface area (Å²) in [6.45, 7) is 1.48. The first-order chi connectivity index (χ1) is 8.86. The average molecular weight is 242 g/mol. The minimum atomic E-state index is 0.688. The Hall–Kier alpha value is -2.23. The van der Waals surface area contributed by atoms with Crippen molar-refractivity contribution in [1.82, 2.24) is 4.98 Å². The number of methoxy groups -OCH3 is 1. The van der Waals surface area contributed by atoms with Gasteiger partial charge in [-0.05, 0) is 24.3 Å². The molecule has 0 atom stereocenters. The fourth-order valence-electron chi connectivity index (χ4n) is 1.96. The number of rotatable bonds is 2. The van der Waals surface area contributed by atoms with Crippen molar-refractivity contribution in [2.24, 2.45) is 0 Å². The summed E-state index contributed by atoms with van der Waals surface area (Å²) in [5.74, 6) is 2.45. The van der Waals surface area contributed by atoms with E-state index in [0.29, 0.717) is 6.61 Å². The highest BCUT2D eigenvalue weighted by Gasteiger charge is 2.12. The molecule has 3 rings (SSSR count). The van der Waals surface area contributed by atoms with Crippen LogP contribution in [0.1, 0.15) is 0 Å². The van der Waals surface area contributed by atoms with Crippen LogP contribution in [0.4, 0.5) is 5.82 Å². The third kappa shape index (κ3) is 1.97. The SMILES string of the molecule is COc1cccc(-c2ccc3c(n2)NCCO3)c1. The van der Waals surface area contributed by atoms with Gasteiger partial charge in [-0.15, -0.1) is 0 Å². The number of pyridine rings is 1. The van der Waals surface area contributed by atoms with Crippen LogP contribution in [-0.2, 0) is 0 Å². The molecular formula is C14H14N2O2. The van der Waals surface area contributed by atoms with Gasteiger partial charge >= 0.3 is 0 Å². The Kier molecular flexibility index (Phi) is 2.76. The molecule has 1 aliphatic rings. The fourth-order valence-corrected chi connectivity index (χ4v) is 1.96. The number of hydrogen-bond donors (Lipinski definition) is 1. The number of hydrogen-bond acceptors (Lipinski definition) is 4. The van der Waals surface area contributed by atoms with E-state index < -0.39 is 0 Å². The molecule has 0 saturated heterocycles. The van der Waals surface area contributed by atoms with Gasteiger partial charge in [-0.25, -0.2) is 4.98 Å². The maximum Gasteiger partial charge on any atom is 0.169 e. The Bertz CT molecular complexity index is 569. The summed E-state index contributed by atoms with van der Waals surface area (Å²) in [5.41, 5.74) is 1.94. The van der Waals surface area contributed by atoms with E-state index in [4.69, 9.17) is 9.47 Å². The maximum absolute atomic E-state index is 5.51.